The minimum absolute atomic E-state index is 0.309. The Kier molecular flexibility index (Phi) is 4.90. The first-order valence-corrected chi connectivity index (χ1v) is 8.18. The van der Waals surface area contributed by atoms with E-state index in [-0.39, 0.29) is 6.04 Å². The Labute approximate surface area is 144 Å². The molecule has 2 aromatic carbocycles. The highest BCUT2D eigenvalue weighted by molar-refractivity contribution is 5.52. The number of halogens is 3. The maximum absolute atomic E-state index is 13.0. The molecule has 0 bridgehead atoms. The van der Waals surface area contributed by atoms with Crippen molar-refractivity contribution in [2.75, 3.05) is 20.3 Å². The number of hydrogen-bond donors (Lipinski definition) is 1. The molecule has 0 spiro atoms. The van der Waals surface area contributed by atoms with E-state index in [9.17, 15) is 13.2 Å². The van der Waals surface area contributed by atoms with Crippen LogP contribution < -0.4 is 14.8 Å². The fourth-order valence-electron chi connectivity index (χ4n) is 3.18. The van der Waals surface area contributed by atoms with Crippen LogP contribution in [-0.2, 0) is 12.6 Å². The Morgan fingerprint density at radius 3 is 2.64 bits per heavy atom. The van der Waals surface area contributed by atoms with Gasteiger partial charge in [0, 0.05) is 6.54 Å². The summed E-state index contributed by atoms with van der Waals surface area (Å²) in [6.07, 6.45) is -3.57. The molecule has 2 aromatic rings. The monoisotopic (exact) mass is 351 g/mol. The van der Waals surface area contributed by atoms with Crippen molar-refractivity contribution in [1.29, 1.82) is 0 Å². The Bertz CT molecular complexity index is 759. The molecule has 134 valence electrons. The Hall–Kier alpha value is -2.21. The van der Waals surface area contributed by atoms with E-state index in [4.69, 9.17) is 9.47 Å². The number of alkyl halides is 3. The van der Waals surface area contributed by atoms with Crippen molar-refractivity contribution in [3.63, 3.8) is 0 Å². The van der Waals surface area contributed by atoms with Gasteiger partial charge in [0.25, 0.3) is 0 Å². The van der Waals surface area contributed by atoms with E-state index in [2.05, 4.69) is 5.32 Å². The van der Waals surface area contributed by atoms with Crippen LogP contribution in [0.15, 0.2) is 36.4 Å². The maximum atomic E-state index is 13.0. The van der Waals surface area contributed by atoms with Gasteiger partial charge in [0.15, 0.2) is 11.5 Å². The van der Waals surface area contributed by atoms with Crippen LogP contribution in [0, 0.1) is 0 Å². The molecule has 1 atom stereocenters. The van der Waals surface area contributed by atoms with Gasteiger partial charge in [0.1, 0.15) is 0 Å². The summed E-state index contributed by atoms with van der Waals surface area (Å²) in [7, 11) is 1.58. The van der Waals surface area contributed by atoms with Gasteiger partial charge in [0.2, 0.25) is 0 Å². The lowest BCUT2D eigenvalue weighted by Gasteiger charge is -2.29. The van der Waals surface area contributed by atoms with E-state index in [0.717, 1.165) is 23.6 Å². The van der Waals surface area contributed by atoms with Crippen LogP contribution in [0.25, 0.3) is 0 Å². The molecular weight excluding hydrogens is 331 g/mol. The van der Waals surface area contributed by atoms with Gasteiger partial charge in [-0.3, -0.25) is 0 Å². The molecule has 1 heterocycles. The van der Waals surface area contributed by atoms with Crippen LogP contribution in [0.4, 0.5) is 13.2 Å². The fourth-order valence-corrected chi connectivity index (χ4v) is 3.18. The summed E-state index contributed by atoms with van der Waals surface area (Å²) in [5, 5.41) is 3.31. The average molecular weight is 351 g/mol. The molecule has 1 aliphatic rings. The summed E-state index contributed by atoms with van der Waals surface area (Å²) in [5.41, 5.74) is 1.93. The van der Waals surface area contributed by atoms with Crippen LogP contribution in [0.2, 0.25) is 0 Å². The number of fused-ring (bicyclic) bond motifs is 1. The van der Waals surface area contributed by atoms with Crippen LogP contribution in [0.5, 0.6) is 11.5 Å². The van der Waals surface area contributed by atoms with Crippen molar-refractivity contribution in [3.05, 3.63) is 58.7 Å². The number of benzene rings is 2. The fraction of sp³-hybridized carbons (Fsp3) is 0.368. The van der Waals surface area contributed by atoms with E-state index in [1.807, 2.05) is 19.1 Å². The van der Waals surface area contributed by atoms with E-state index >= 15 is 0 Å². The molecular formula is C19H20F3NO2. The van der Waals surface area contributed by atoms with Crippen LogP contribution in [-0.4, -0.2) is 20.3 Å². The van der Waals surface area contributed by atoms with Crippen molar-refractivity contribution in [2.45, 2.75) is 25.6 Å². The molecule has 0 radical (unpaired) electrons. The number of hydrogen-bond acceptors (Lipinski definition) is 3. The van der Waals surface area contributed by atoms with Gasteiger partial charge < -0.3 is 14.8 Å². The zero-order valence-corrected chi connectivity index (χ0v) is 14.1. The second-order valence-electron chi connectivity index (χ2n) is 5.90. The van der Waals surface area contributed by atoms with Crippen LogP contribution >= 0.6 is 0 Å². The zero-order valence-electron chi connectivity index (χ0n) is 14.1. The topological polar surface area (TPSA) is 30.5 Å². The SMILES string of the molecule is CCOc1cc2c(cc1OC)CCNC2c1cccc(C(F)(F)F)c1. The Morgan fingerprint density at radius 1 is 1.16 bits per heavy atom. The molecule has 3 rings (SSSR count). The molecule has 25 heavy (non-hydrogen) atoms. The van der Waals surface area contributed by atoms with Gasteiger partial charge in [-0.2, -0.15) is 13.2 Å². The quantitative estimate of drug-likeness (QED) is 0.888. The molecule has 0 aromatic heterocycles. The molecule has 0 saturated heterocycles. The largest absolute Gasteiger partial charge is 0.493 e. The van der Waals surface area contributed by atoms with Crippen molar-refractivity contribution in [2.24, 2.45) is 0 Å². The standard InChI is InChI=1S/C19H20F3NO2/c1-3-25-17-11-15-12(10-16(17)24-2)7-8-23-18(15)13-5-4-6-14(9-13)19(20,21)22/h4-6,9-11,18,23H,3,7-8H2,1-2H3. The zero-order chi connectivity index (χ0) is 18.0. The second-order valence-corrected chi connectivity index (χ2v) is 5.90. The first-order valence-electron chi connectivity index (χ1n) is 8.18. The van der Waals surface area contributed by atoms with Crippen molar-refractivity contribution in [3.8, 4) is 11.5 Å². The minimum Gasteiger partial charge on any atom is -0.493 e. The van der Waals surface area contributed by atoms with Gasteiger partial charge in [-0.1, -0.05) is 12.1 Å². The molecule has 1 unspecified atom stereocenters. The molecule has 1 aliphatic heterocycles. The third-order valence-corrected chi connectivity index (χ3v) is 4.33. The lowest BCUT2D eigenvalue weighted by molar-refractivity contribution is -0.137. The predicted molar refractivity (Wildman–Crippen MR) is 89.2 cm³/mol. The molecule has 3 nitrogen and oxygen atoms in total. The Morgan fingerprint density at radius 2 is 1.96 bits per heavy atom. The molecule has 0 aliphatic carbocycles. The number of nitrogens with one attached hydrogen (secondary N) is 1. The average Bonchev–Trinajstić information content (AvgIpc) is 2.60. The molecule has 1 N–H and O–H groups in total. The third kappa shape index (κ3) is 3.58. The summed E-state index contributed by atoms with van der Waals surface area (Å²) < 4.78 is 50.1. The van der Waals surface area contributed by atoms with E-state index in [0.29, 0.717) is 30.2 Å². The summed E-state index contributed by atoms with van der Waals surface area (Å²) >= 11 is 0. The van der Waals surface area contributed by atoms with Gasteiger partial charge in [-0.25, -0.2) is 0 Å². The summed E-state index contributed by atoms with van der Waals surface area (Å²) in [6, 6.07) is 8.94. The summed E-state index contributed by atoms with van der Waals surface area (Å²) in [4.78, 5) is 0. The van der Waals surface area contributed by atoms with Gasteiger partial charge in [-0.05, 0) is 54.3 Å². The highest BCUT2D eigenvalue weighted by Crippen LogP contribution is 2.39. The van der Waals surface area contributed by atoms with Gasteiger partial charge >= 0.3 is 6.18 Å². The van der Waals surface area contributed by atoms with Gasteiger partial charge in [0.05, 0.1) is 25.3 Å². The van der Waals surface area contributed by atoms with E-state index < -0.39 is 11.7 Å². The molecule has 6 heteroatoms. The highest BCUT2D eigenvalue weighted by Gasteiger charge is 2.32. The van der Waals surface area contributed by atoms with Gasteiger partial charge in [-0.15, -0.1) is 0 Å². The molecule has 0 amide bonds. The first kappa shape index (κ1) is 17.6. The van der Waals surface area contributed by atoms with Crippen molar-refractivity contribution >= 4 is 0 Å². The minimum atomic E-state index is -4.36. The summed E-state index contributed by atoms with van der Waals surface area (Å²) in [6.45, 7) is 3.04. The third-order valence-electron chi connectivity index (χ3n) is 4.33. The van der Waals surface area contributed by atoms with E-state index in [1.54, 1.807) is 13.2 Å². The summed E-state index contributed by atoms with van der Waals surface area (Å²) in [5.74, 6) is 1.25. The molecule has 0 fully saturated rings. The van der Waals surface area contributed by atoms with E-state index in [1.165, 1.54) is 12.1 Å². The Balaban J connectivity index is 2.05. The smallest absolute Gasteiger partial charge is 0.416 e. The lowest BCUT2D eigenvalue weighted by atomic mass is 9.88. The van der Waals surface area contributed by atoms with Crippen LogP contribution in [0.1, 0.15) is 35.2 Å². The highest BCUT2D eigenvalue weighted by atomic mass is 19.4. The lowest BCUT2D eigenvalue weighted by Crippen LogP contribution is -2.30. The second kappa shape index (κ2) is 6.96. The number of ether oxygens (including phenoxy) is 2. The van der Waals surface area contributed by atoms with Crippen LogP contribution in [0.3, 0.4) is 0 Å². The molecule has 0 saturated carbocycles. The maximum Gasteiger partial charge on any atom is 0.416 e. The van der Waals surface area contributed by atoms with Crippen molar-refractivity contribution in [1.82, 2.24) is 5.32 Å². The van der Waals surface area contributed by atoms with Crippen molar-refractivity contribution < 1.29 is 22.6 Å². The normalized spacial score (nSPS) is 17.1. The predicted octanol–water partition coefficient (Wildman–Crippen LogP) is 4.35. The first-order chi connectivity index (χ1) is 11.9. The number of rotatable bonds is 4. The number of methoxy groups -OCH3 is 1.